The van der Waals surface area contributed by atoms with E-state index in [1.807, 2.05) is 24.3 Å². The molecule has 0 aliphatic carbocycles. The van der Waals surface area contributed by atoms with Gasteiger partial charge in [0.1, 0.15) is 0 Å². The van der Waals surface area contributed by atoms with E-state index in [9.17, 15) is 13.2 Å². The van der Waals surface area contributed by atoms with Crippen LogP contribution in [0.4, 0.5) is 13.2 Å². The summed E-state index contributed by atoms with van der Waals surface area (Å²) in [5.41, 5.74) is 6.66. The summed E-state index contributed by atoms with van der Waals surface area (Å²) in [4.78, 5) is 2.36. The van der Waals surface area contributed by atoms with Gasteiger partial charge in [0.05, 0.1) is 6.54 Å². The molecule has 0 spiro atoms. The van der Waals surface area contributed by atoms with Crippen molar-refractivity contribution in [3.8, 4) is 0 Å². The fourth-order valence-electron chi connectivity index (χ4n) is 2.24. The maximum atomic E-state index is 12.6. The van der Waals surface area contributed by atoms with Crippen LogP contribution in [0.3, 0.4) is 0 Å². The normalized spacial score (nSPS) is 12.5. The first-order valence-corrected chi connectivity index (χ1v) is 7.24. The molecule has 0 bridgehead atoms. The Hall–Kier alpha value is -1.11. The van der Waals surface area contributed by atoms with Crippen molar-refractivity contribution in [2.24, 2.45) is 5.73 Å². The highest BCUT2D eigenvalue weighted by Crippen LogP contribution is 2.32. The molecule has 0 saturated heterocycles. The summed E-state index contributed by atoms with van der Waals surface area (Å²) in [5.74, 6) is 0. The Labute approximate surface area is 120 Å². The second kappa shape index (κ2) is 6.11. The van der Waals surface area contributed by atoms with Crippen LogP contribution in [0.5, 0.6) is 0 Å². The first-order chi connectivity index (χ1) is 9.44. The largest absolute Gasteiger partial charge is 0.401 e. The molecule has 2 rings (SSSR count). The number of hydrogen-bond donors (Lipinski definition) is 1. The van der Waals surface area contributed by atoms with E-state index in [0.717, 1.165) is 20.5 Å². The third-order valence-electron chi connectivity index (χ3n) is 3.20. The van der Waals surface area contributed by atoms with E-state index in [2.05, 4.69) is 0 Å². The number of rotatable bonds is 5. The molecule has 2 N–H and O–H groups in total. The molecule has 0 aliphatic rings. The zero-order valence-corrected chi connectivity index (χ0v) is 12.0. The molecule has 0 amide bonds. The fraction of sp³-hybridized carbons (Fsp3) is 0.429. The van der Waals surface area contributed by atoms with Gasteiger partial charge in [0, 0.05) is 22.7 Å². The highest BCUT2D eigenvalue weighted by Gasteiger charge is 2.30. The minimum absolute atomic E-state index is 0.284. The average Bonchev–Trinajstić information content (AvgIpc) is 2.74. The topological polar surface area (TPSA) is 29.3 Å². The highest BCUT2D eigenvalue weighted by atomic mass is 32.1. The van der Waals surface area contributed by atoms with E-state index in [-0.39, 0.29) is 6.54 Å². The van der Waals surface area contributed by atoms with Crippen molar-refractivity contribution in [3.05, 3.63) is 34.7 Å². The second-order valence-electron chi connectivity index (χ2n) is 4.62. The molecule has 2 nitrogen and oxygen atoms in total. The molecule has 20 heavy (non-hydrogen) atoms. The van der Waals surface area contributed by atoms with E-state index in [4.69, 9.17) is 5.73 Å². The van der Waals surface area contributed by atoms with Gasteiger partial charge in [-0.25, -0.2) is 0 Å². The van der Waals surface area contributed by atoms with Gasteiger partial charge in [-0.2, -0.15) is 13.2 Å². The molecule has 1 heterocycles. The van der Waals surface area contributed by atoms with Gasteiger partial charge in [-0.1, -0.05) is 25.1 Å². The van der Waals surface area contributed by atoms with Gasteiger partial charge >= 0.3 is 6.18 Å². The Morgan fingerprint density at radius 3 is 2.55 bits per heavy atom. The number of nitrogens with two attached hydrogens (primary N) is 1. The third kappa shape index (κ3) is 3.50. The number of hydrogen-bond acceptors (Lipinski definition) is 3. The number of nitrogens with zero attached hydrogens (tertiary/aromatic N) is 1. The molecule has 0 atom stereocenters. The lowest BCUT2D eigenvalue weighted by molar-refractivity contribution is -0.146. The number of fused-ring (bicyclic) bond motifs is 1. The van der Waals surface area contributed by atoms with Crippen molar-refractivity contribution in [3.63, 3.8) is 0 Å². The quantitative estimate of drug-likeness (QED) is 0.911. The van der Waals surface area contributed by atoms with Gasteiger partial charge in [-0.15, -0.1) is 11.3 Å². The molecule has 0 radical (unpaired) electrons. The van der Waals surface area contributed by atoms with Gasteiger partial charge in [-0.05, 0) is 23.6 Å². The van der Waals surface area contributed by atoms with Crippen molar-refractivity contribution < 1.29 is 13.2 Å². The summed E-state index contributed by atoms with van der Waals surface area (Å²) in [6.07, 6.45) is -4.18. The maximum Gasteiger partial charge on any atom is 0.401 e. The second-order valence-corrected chi connectivity index (χ2v) is 5.76. The average molecular weight is 302 g/mol. The van der Waals surface area contributed by atoms with Crippen molar-refractivity contribution in [1.29, 1.82) is 0 Å². The van der Waals surface area contributed by atoms with Crippen molar-refractivity contribution in [1.82, 2.24) is 4.90 Å². The molecule has 110 valence electrons. The zero-order chi connectivity index (χ0) is 14.8. The Bertz CT molecular complexity index is 577. The summed E-state index contributed by atoms with van der Waals surface area (Å²) in [7, 11) is 0. The van der Waals surface area contributed by atoms with Gasteiger partial charge < -0.3 is 5.73 Å². The van der Waals surface area contributed by atoms with Crippen LogP contribution in [0.2, 0.25) is 0 Å². The third-order valence-corrected chi connectivity index (χ3v) is 4.43. The predicted octanol–water partition coefficient (Wildman–Crippen LogP) is 3.74. The standard InChI is InChI=1S/C14H17F3N2S/c1-2-19(9-14(15,16)17)8-11-10-5-3-4-6-12(10)20-13(11)7-18/h3-6H,2,7-9,18H2,1H3. The Morgan fingerprint density at radius 2 is 1.95 bits per heavy atom. The minimum Gasteiger partial charge on any atom is -0.326 e. The summed E-state index contributed by atoms with van der Waals surface area (Å²) >= 11 is 1.56. The van der Waals surface area contributed by atoms with E-state index in [0.29, 0.717) is 13.1 Å². The maximum absolute atomic E-state index is 12.6. The molecule has 0 aliphatic heterocycles. The first-order valence-electron chi connectivity index (χ1n) is 6.43. The van der Waals surface area contributed by atoms with Crippen molar-refractivity contribution in [2.45, 2.75) is 26.2 Å². The monoisotopic (exact) mass is 302 g/mol. The Balaban J connectivity index is 2.31. The van der Waals surface area contributed by atoms with Gasteiger partial charge in [0.25, 0.3) is 0 Å². The van der Waals surface area contributed by atoms with E-state index >= 15 is 0 Å². The van der Waals surface area contributed by atoms with Crippen LogP contribution in [0.1, 0.15) is 17.4 Å². The van der Waals surface area contributed by atoms with Crippen LogP contribution < -0.4 is 5.73 Å². The van der Waals surface area contributed by atoms with E-state index in [1.165, 1.54) is 4.90 Å². The number of alkyl halides is 3. The molecular formula is C14H17F3N2S. The smallest absolute Gasteiger partial charge is 0.326 e. The van der Waals surface area contributed by atoms with E-state index < -0.39 is 12.7 Å². The van der Waals surface area contributed by atoms with Crippen LogP contribution >= 0.6 is 11.3 Å². The Kier molecular flexibility index (Phi) is 4.67. The Morgan fingerprint density at radius 1 is 1.25 bits per heavy atom. The van der Waals surface area contributed by atoms with Crippen molar-refractivity contribution in [2.75, 3.05) is 13.1 Å². The lowest BCUT2D eigenvalue weighted by Crippen LogP contribution is -2.33. The summed E-state index contributed by atoms with van der Waals surface area (Å²) < 4.78 is 38.7. The number of halogens is 3. The van der Waals surface area contributed by atoms with Crippen LogP contribution in [-0.4, -0.2) is 24.2 Å². The van der Waals surface area contributed by atoms with Crippen molar-refractivity contribution >= 4 is 21.4 Å². The van der Waals surface area contributed by atoms with Gasteiger partial charge in [-0.3, -0.25) is 4.90 Å². The fourth-order valence-corrected chi connectivity index (χ4v) is 3.34. The predicted molar refractivity (Wildman–Crippen MR) is 76.7 cm³/mol. The van der Waals surface area contributed by atoms with Crippen LogP contribution in [-0.2, 0) is 13.1 Å². The molecule has 6 heteroatoms. The highest BCUT2D eigenvalue weighted by molar-refractivity contribution is 7.19. The first kappa shape index (κ1) is 15.3. The summed E-state index contributed by atoms with van der Waals surface area (Å²) in [5, 5.41) is 1.01. The number of thiophene rings is 1. The molecular weight excluding hydrogens is 285 g/mol. The molecule has 0 fully saturated rings. The van der Waals surface area contributed by atoms with Crippen LogP contribution in [0, 0.1) is 0 Å². The summed E-state index contributed by atoms with van der Waals surface area (Å²) in [6.45, 7) is 1.85. The van der Waals surface area contributed by atoms with Crippen LogP contribution in [0.25, 0.3) is 10.1 Å². The lowest BCUT2D eigenvalue weighted by atomic mass is 10.1. The molecule has 2 aromatic rings. The van der Waals surface area contributed by atoms with E-state index in [1.54, 1.807) is 18.3 Å². The van der Waals surface area contributed by atoms with Crippen LogP contribution in [0.15, 0.2) is 24.3 Å². The molecule has 1 aromatic carbocycles. The number of benzene rings is 1. The molecule has 0 unspecified atom stereocenters. The summed E-state index contributed by atoms with van der Waals surface area (Å²) in [6, 6.07) is 7.75. The van der Waals surface area contributed by atoms with Gasteiger partial charge in [0.15, 0.2) is 0 Å². The molecule has 1 aromatic heterocycles. The van der Waals surface area contributed by atoms with Gasteiger partial charge in [0.2, 0.25) is 0 Å². The zero-order valence-electron chi connectivity index (χ0n) is 11.2. The lowest BCUT2D eigenvalue weighted by Gasteiger charge is -2.22. The molecule has 0 saturated carbocycles. The SMILES string of the molecule is CCN(Cc1c(CN)sc2ccccc12)CC(F)(F)F. The minimum atomic E-state index is -4.18.